The SMILES string of the molecule is Cc1nc(NC2(C)CC2)c2c(C(=O)N3CCCC4(C3)OCc3ccccc34)coc2n1. The molecule has 1 aromatic carbocycles. The molecule has 1 amide bonds. The van der Waals surface area contributed by atoms with Crippen LogP contribution in [0.2, 0.25) is 0 Å². The number of fused-ring (bicyclic) bond motifs is 3. The van der Waals surface area contributed by atoms with Crippen LogP contribution in [0.15, 0.2) is 34.9 Å². The molecular formula is C24H26N4O3. The van der Waals surface area contributed by atoms with Gasteiger partial charge in [-0.15, -0.1) is 0 Å². The van der Waals surface area contributed by atoms with Crippen LogP contribution in [0.1, 0.15) is 59.9 Å². The van der Waals surface area contributed by atoms with Gasteiger partial charge in [0.25, 0.3) is 5.91 Å². The number of furan rings is 1. The van der Waals surface area contributed by atoms with Crippen LogP contribution >= 0.6 is 0 Å². The van der Waals surface area contributed by atoms with Crippen LogP contribution in [0.4, 0.5) is 5.82 Å². The van der Waals surface area contributed by atoms with Crippen molar-refractivity contribution in [3.63, 3.8) is 0 Å². The topological polar surface area (TPSA) is 80.5 Å². The zero-order valence-electron chi connectivity index (χ0n) is 17.9. The fraction of sp³-hybridized carbons (Fsp3) is 0.458. The predicted octanol–water partition coefficient (Wildman–Crippen LogP) is 4.16. The smallest absolute Gasteiger partial charge is 0.258 e. The van der Waals surface area contributed by atoms with Gasteiger partial charge in [0.2, 0.25) is 5.71 Å². The lowest BCUT2D eigenvalue weighted by atomic mass is 9.85. The molecular weight excluding hydrogens is 392 g/mol. The molecule has 2 fully saturated rings. The number of carbonyl (C=O) groups is 1. The van der Waals surface area contributed by atoms with Gasteiger partial charge in [-0.25, -0.2) is 4.98 Å². The van der Waals surface area contributed by atoms with E-state index in [-0.39, 0.29) is 11.4 Å². The summed E-state index contributed by atoms with van der Waals surface area (Å²) in [5, 5.41) is 4.19. The number of carbonyl (C=O) groups excluding carboxylic acids is 1. The third-order valence-corrected chi connectivity index (χ3v) is 6.95. The van der Waals surface area contributed by atoms with Crippen molar-refractivity contribution in [2.24, 2.45) is 0 Å². The Hall–Kier alpha value is -2.93. The number of hydrogen-bond donors (Lipinski definition) is 1. The van der Waals surface area contributed by atoms with Crippen LogP contribution in [0, 0.1) is 6.92 Å². The van der Waals surface area contributed by atoms with E-state index in [4.69, 9.17) is 9.15 Å². The van der Waals surface area contributed by atoms with Crippen LogP contribution in [0.25, 0.3) is 11.1 Å². The van der Waals surface area contributed by atoms with E-state index in [1.165, 1.54) is 17.4 Å². The Balaban J connectivity index is 1.36. The third-order valence-electron chi connectivity index (χ3n) is 6.95. The van der Waals surface area contributed by atoms with Crippen LogP contribution < -0.4 is 5.32 Å². The summed E-state index contributed by atoms with van der Waals surface area (Å²) in [5.74, 6) is 1.26. The second kappa shape index (κ2) is 6.53. The van der Waals surface area contributed by atoms with Gasteiger partial charge in [0.1, 0.15) is 23.5 Å². The summed E-state index contributed by atoms with van der Waals surface area (Å²) in [7, 11) is 0. The summed E-state index contributed by atoms with van der Waals surface area (Å²) in [6.07, 6.45) is 5.53. The quantitative estimate of drug-likeness (QED) is 0.688. The van der Waals surface area contributed by atoms with Crippen LogP contribution in [0.5, 0.6) is 0 Å². The molecule has 1 saturated carbocycles. The highest BCUT2D eigenvalue weighted by molar-refractivity contribution is 6.09. The van der Waals surface area contributed by atoms with Crippen LogP contribution in [-0.4, -0.2) is 39.4 Å². The normalized spacial score (nSPS) is 23.9. The number of likely N-dealkylation sites (tertiary alicyclic amines) is 1. The molecule has 1 unspecified atom stereocenters. The number of rotatable bonds is 3. The molecule has 1 atom stereocenters. The zero-order chi connectivity index (χ0) is 21.2. The zero-order valence-corrected chi connectivity index (χ0v) is 17.9. The summed E-state index contributed by atoms with van der Waals surface area (Å²) >= 11 is 0. The van der Waals surface area contributed by atoms with E-state index in [1.54, 1.807) is 0 Å². The van der Waals surface area contributed by atoms with Crippen LogP contribution in [0.3, 0.4) is 0 Å². The van der Waals surface area contributed by atoms with Gasteiger partial charge in [-0.1, -0.05) is 24.3 Å². The van der Waals surface area contributed by atoms with Crippen molar-refractivity contribution in [2.75, 3.05) is 18.4 Å². The summed E-state index contributed by atoms with van der Waals surface area (Å²) in [4.78, 5) is 24.6. The van der Waals surface area contributed by atoms with Gasteiger partial charge >= 0.3 is 0 Å². The van der Waals surface area contributed by atoms with Gasteiger partial charge in [-0.3, -0.25) is 4.79 Å². The molecule has 160 valence electrons. The van der Waals surface area contributed by atoms with Gasteiger partial charge in [-0.05, 0) is 50.7 Å². The molecule has 0 radical (unpaired) electrons. The minimum Gasteiger partial charge on any atom is -0.445 e. The average molecular weight is 418 g/mol. The Labute approximate surface area is 180 Å². The van der Waals surface area contributed by atoms with E-state index in [0.717, 1.165) is 25.7 Å². The number of piperidine rings is 1. The molecule has 2 aliphatic heterocycles. The number of ether oxygens (including phenoxy) is 1. The van der Waals surface area contributed by atoms with E-state index in [0.29, 0.717) is 48.0 Å². The first kappa shape index (κ1) is 18.8. The summed E-state index contributed by atoms with van der Waals surface area (Å²) in [6, 6.07) is 8.35. The molecule has 7 nitrogen and oxygen atoms in total. The third kappa shape index (κ3) is 3.02. The number of anilines is 1. The first-order valence-electron chi connectivity index (χ1n) is 11.0. The van der Waals surface area contributed by atoms with Crippen LogP contribution in [-0.2, 0) is 16.9 Å². The number of hydrogen-bond acceptors (Lipinski definition) is 6. The lowest BCUT2D eigenvalue weighted by Crippen LogP contribution is -2.48. The number of aryl methyl sites for hydroxylation is 1. The monoisotopic (exact) mass is 418 g/mol. The van der Waals surface area contributed by atoms with E-state index in [9.17, 15) is 4.79 Å². The van der Waals surface area contributed by atoms with Crippen molar-refractivity contribution < 1.29 is 13.9 Å². The maximum Gasteiger partial charge on any atom is 0.258 e. The number of nitrogens with one attached hydrogen (secondary N) is 1. The molecule has 1 saturated heterocycles. The fourth-order valence-electron chi connectivity index (χ4n) is 4.98. The summed E-state index contributed by atoms with van der Waals surface area (Å²) in [5.41, 5.74) is 3.02. The predicted molar refractivity (Wildman–Crippen MR) is 116 cm³/mol. The lowest BCUT2D eigenvalue weighted by molar-refractivity contribution is -0.0785. The minimum absolute atomic E-state index is 0.0297. The van der Waals surface area contributed by atoms with Crippen molar-refractivity contribution >= 4 is 22.8 Å². The second-order valence-electron chi connectivity index (χ2n) is 9.40. The number of benzene rings is 1. The van der Waals surface area contributed by atoms with E-state index in [1.807, 2.05) is 17.9 Å². The second-order valence-corrected chi connectivity index (χ2v) is 9.40. The molecule has 2 aromatic heterocycles. The van der Waals surface area contributed by atoms with Gasteiger partial charge in [0, 0.05) is 12.1 Å². The number of nitrogens with zero attached hydrogens (tertiary/aromatic N) is 3. The molecule has 6 rings (SSSR count). The Morgan fingerprint density at radius 3 is 2.87 bits per heavy atom. The first-order chi connectivity index (χ1) is 15.0. The van der Waals surface area contributed by atoms with Gasteiger partial charge in [0.05, 0.1) is 24.1 Å². The minimum atomic E-state index is -0.417. The molecule has 3 aromatic rings. The van der Waals surface area contributed by atoms with E-state index >= 15 is 0 Å². The molecule has 4 heterocycles. The van der Waals surface area contributed by atoms with Crippen molar-refractivity contribution in [1.29, 1.82) is 0 Å². The Morgan fingerprint density at radius 2 is 2.03 bits per heavy atom. The standard InChI is InChI=1S/C24H26N4O3/c1-15-25-20(27-23(2)9-10-23)19-17(13-30-21(19)26-15)22(29)28-11-5-8-24(14-28)18-7-4-3-6-16(18)12-31-24/h3-4,6-7,13H,5,8-12,14H2,1-2H3,(H,25,26,27). The Bertz CT molecular complexity index is 1190. The molecule has 0 bridgehead atoms. The largest absolute Gasteiger partial charge is 0.445 e. The van der Waals surface area contributed by atoms with Gasteiger partial charge in [0.15, 0.2) is 0 Å². The maximum atomic E-state index is 13.7. The van der Waals surface area contributed by atoms with E-state index < -0.39 is 5.60 Å². The highest BCUT2D eigenvalue weighted by Gasteiger charge is 2.45. The maximum absolute atomic E-state index is 13.7. The van der Waals surface area contributed by atoms with Gasteiger partial charge < -0.3 is 19.4 Å². The van der Waals surface area contributed by atoms with Crippen molar-refractivity contribution in [3.8, 4) is 0 Å². The molecule has 31 heavy (non-hydrogen) atoms. The molecule has 1 aliphatic carbocycles. The molecule has 7 heteroatoms. The Kier molecular flexibility index (Phi) is 3.96. The number of aromatic nitrogens is 2. The summed E-state index contributed by atoms with van der Waals surface area (Å²) in [6.45, 7) is 5.86. The van der Waals surface area contributed by atoms with E-state index in [2.05, 4.69) is 40.4 Å². The summed E-state index contributed by atoms with van der Waals surface area (Å²) < 4.78 is 12.0. The Morgan fingerprint density at radius 1 is 1.19 bits per heavy atom. The molecule has 3 aliphatic rings. The highest BCUT2D eigenvalue weighted by Crippen LogP contribution is 2.44. The van der Waals surface area contributed by atoms with Gasteiger partial charge in [-0.2, -0.15) is 4.98 Å². The molecule has 1 N–H and O–H groups in total. The van der Waals surface area contributed by atoms with Crippen molar-refractivity contribution in [3.05, 3.63) is 53.0 Å². The van der Waals surface area contributed by atoms with Crippen molar-refractivity contribution in [1.82, 2.24) is 14.9 Å². The van der Waals surface area contributed by atoms with Crippen molar-refractivity contribution in [2.45, 2.75) is 57.3 Å². The first-order valence-corrected chi connectivity index (χ1v) is 11.0. The average Bonchev–Trinajstić information content (AvgIpc) is 3.19. The fourth-order valence-corrected chi connectivity index (χ4v) is 4.98. The number of amides is 1. The highest BCUT2D eigenvalue weighted by atomic mass is 16.5. The lowest BCUT2D eigenvalue weighted by Gasteiger charge is -2.40. The molecule has 1 spiro atoms.